The SMILES string of the molecule is O=C(Cc1ccc2[nH]ncc2c1)N1CCC(n2ccc(C(F)(F)F)n2)CC1. The summed E-state index contributed by atoms with van der Waals surface area (Å²) in [4.78, 5) is 14.3. The highest BCUT2D eigenvalue weighted by Gasteiger charge is 2.34. The summed E-state index contributed by atoms with van der Waals surface area (Å²) in [7, 11) is 0. The van der Waals surface area contributed by atoms with Gasteiger partial charge >= 0.3 is 6.18 Å². The lowest BCUT2D eigenvalue weighted by Crippen LogP contribution is -2.40. The largest absolute Gasteiger partial charge is 0.435 e. The predicted octanol–water partition coefficient (Wildman–Crippen LogP) is 3.18. The lowest BCUT2D eigenvalue weighted by Gasteiger charge is -2.32. The summed E-state index contributed by atoms with van der Waals surface area (Å²) in [6.07, 6.45) is 0.125. The molecule has 1 N–H and O–H groups in total. The second kappa shape index (κ2) is 6.71. The van der Waals surface area contributed by atoms with Crippen LogP contribution in [0, 0.1) is 0 Å². The minimum Gasteiger partial charge on any atom is -0.342 e. The normalized spacial score (nSPS) is 16.2. The summed E-state index contributed by atoms with van der Waals surface area (Å²) < 4.78 is 39.4. The topological polar surface area (TPSA) is 66.8 Å². The van der Waals surface area contributed by atoms with Crippen molar-refractivity contribution in [2.75, 3.05) is 13.1 Å². The minimum atomic E-state index is -4.43. The number of H-pyrrole nitrogens is 1. The standard InChI is InChI=1S/C18H18F3N5O/c19-18(20,21)16-5-8-26(24-16)14-3-6-25(7-4-14)17(27)10-12-1-2-15-13(9-12)11-22-23-15/h1-2,5,8-9,11,14H,3-4,6-7,10H2,(H,22,23). The molecule has 0 aliphatic carbocycles. The van der Waals surface area contributed by atoms with Gasteiger partial charge < -0.3 is 4.90 Å². The number of hydrogen-bond acceptors (Lipinski definition) is 3. The zero-order chi connectivity index (χ0) is 19.0. The molecule has 0 radical (unpaired) electrons. The van der Waals surface area contributed by atoms with E-state index >= 15 is 0 Å². The molecule has 142 valence electrons. The maximum atomic E-state index is 12.7. The van der Waals surface area contributed by atoms with Gasteiger partial charge in [0.2, 0.25) is 5.91 Å². The van der Waals surface area contributed by atoms with Crippen molar-refractivity contribution in [2.24, 2.45) is 0 Å². The van der Waals surface area contributed by atoms with Crippen molar-refractivity contribution in [3.05, 3.63) is 47.9 Å². The first-order valence-electron chi connectivity index (χ1n) is 8.72. The molecule has 1 fully saturated rings. The van der Waals surface area contributed by atoms with Crippen LogP contribution in [-0.4, -0.2) is 43.9 Å². The second-order valence-electron chi connectivity index (χ2n) is 6.76. The maximum absolute atomic E-state index is 12.7. The smallest absolute Gasteiger partial charge is 0.342 e. The highest BCUT2D eigenvalue weighted by Crippen LogP contribution is 2.29. The molecule has 0 atom stereocenters. The van der Waals surface area contributed by atoms with Crippen LogP contribution in [0.4, 0.5) is 13.2 Å². The Kier molecular flexibility index (Phi) is 4.37. The third kappa shape index (κ3) is 3.67. The molecule has 1 saturated heterocycles. The summed E-state index contributed by atoms with van der Waals surface area (Å²) in [6, 6.07) is 6.60. The van der Waals surface area contributed by atoms with Gasteiger partial charge in [-0.3, -0.25) is 14.6 Å². The van der Waals surface area contributed by atoms with E-state index in [1.54, 1.807) is 11.1 Å². The van der Waals surface area contributed by atoms with Crippen molar-refractivity contribution in [2.45, 2.75) is 31.5 Å². The molecule has 1 aliphatic heterocycles. The lowest BCUT2D eigenvalue weighted by molar-refractivity contribution is -0.141. The van der Waals surface area contributed by atoms with E-state index in [0.717, 1.165) is 22.5 Å². The van der Waals surface area contributed by atoms with Gasteiger partial charge in [0.1, 0.15) is 0 Å². The summed E-state index contributed by atoms with van der Waals surface area (Å²) in [5.41, 5.74) is 0.957. The summed E-state index contributed by atoms with van der Waals surface area (Å²) in [5, 5.41) is 11.4. The fourth-order valence-corrected chi connectivity index (χ4v) is 3.46. The maximum Gasteiger partial charge on any atom is 0.435 e. The Morgan fingerprint density at radius 2 is 2.00 bits per heavy atom. The lowest BCUT2D eigenvalue weighted by atomic mass is 10.0. The summed E-state index contributed by atoms with van der Waals surface area (Å²) >= 11 is 0. The van der Waals surface area contributed by atoms with Crippen LogP contribution in [-0.2, 0) is 17.4 Å². The van der Waals surface area contributed by atoms with Crippen molar-refractivity contribution >= 4 is 16.8 Å². The fraction of sp³-hybridized carbons (Fsp3) is 0.389. The van der Waals surface area contributed by atoms with E-state index in [0.29, 0.717) is 32.4 Å². The van der Waals surface area contributed by atoms with E-state index < -0.39 is 11.9 Å². The molecule has 6 nitrogen and oxygen atoms in total. The van der Waals surface area contributed by atoms with Crippen LogP contribution in [0.15, 0.2) is 36.7 Å². The van der Waals surface area contributed by atoms with Gasteiger partial charge in [0.25, 0.3) is 0 Å². The zero-order valence-electron chi connectivity index (χ0n) is 14.4. The van der Waals surface area contributed by atoms with E-state index in [2.05, 4.69) is 15.3 Å². The van der Waals surface area contributed by atoms with Crippen LogP contribution in [0.25, 0.3) is 10.9 Å². The van der Waals surface area contributed by atoms with Crippen LogP contribution < -0.4 is 0 Å². The quantitative estimate of drug-likeness (QED) is 0.762. The van der Waals surface area contributed by atoms with Crippen LogP contribution in [0.3, 0.4) is 0 Å². The van der Waals surface area contributed by atoms with Gasteiger partial charge in [-0.05, 0) is 36.6 Å². The van der Waals surface area contributed by atoms with Gasteiger partial charge in [0.15, 0.2) is 5.69 Å². The van der Waals surface area contributed by atoms with E-state index in [9.17, 15) is 18.0 Å². The van der Waals surface area contributed by atoms with Crippen molar-refractivity contribution < 1.29 is 18.0 Å². The van der Waals surface area contributed by atoms with Crippen LogP contribution >= 0.6 is 0 Å². The van der Waals surface area contributed by atoms with Crippen molar-refractivity contribution in [1.82, 2.24) is 24.9 Å². The first kappa shape index (κ1) is 17.6. The van der Waals surface area contributed by atoms with Gasteiger partial charge in [-0.25, -0.2) is 0 Å². The second-order valence-corrected chi connectivity index (χ2v) is 6.76. The Morgan fingerprint density at radius 3 is 2.70 bits per heavy atom. The van der Waals surface area contributed by atoms with E-state index in [1.807, 2.05) is 18.2 Å². The predicted molar refractivity (Wildman–Crippen MR) is 91.9 cm³/mol. The Bertz CT molecular complexity index is 953. The summed E-state index contributed by atoms with van der Waals surface area (Å²) in [6.45, 7) is 1.03. The minimum absolute atomic E-state index is 0.0211. The number of amides is 1. The molecule has 1 amide bonds. The molecule has 0 saturated carbocycles. The van der Waals surface area contributed by atoms with E-state index in [1.165, 1.54) is 10.9 Å². The number of hydrogen-bond donors (Lipinski definition) is 1. The molecule has 0 spiro atoms. The van der Waals surface area contributed by atoms with Gasteiger partial charge in [0, 0.05) is 24.7 Å². The number of likely N-dealkylation sites (tertiary alicyclic amines) is 1. The van der Waals surface area contributed by atoms with Crippen molar-refractivity contribution in [1.29, 1.82) is 0 Å². The van der Waals surface area contributed by atoms with Crippen LogP contribution in [0.2, 0.25) is 0 Å². The molecule has 1 aromatic carbocycles. The highest BCUT2D eigenvalue weighted by molar-refractivity contribution is 5.83. The van der Waals surface area contributed by atoms with Crippen molar-refractivity contribution in [3.8, 4) is 0 Å². The summed E-state index contributed by atoms with van der Waals surface area (Å²) in [5.74, 6) is 0.0211. The van der Waals surface area contributed by atoms with Gasteiger partial charge in [-0.1, -0.05) is 6.07 Å². The van der Waals surface area contributed by atoms with Crippen molar-refractivity contribution in [3.63, 3.8) is 0 Å². The molecule has 3 aromatic rings. The third-order valence-electron chi connectivity index (χ3n) is 4.95. The number of aromatic amines is 1. The number of halogens is 3. The Hall–Kier alpha value is -2.84. The molecule has 0 unspecified atom stereocenters. The molecule has 2 aromatic heterocycles. The molecular weight excluding hydrogens is 359 g/mol. The number of nitrogens with zero attached hydrogens (tertiary/aromatic N) is 4. The molecule has 1 aliphatic rings. The third-order valence-corrected chi connectivity index (χ3v) is 4.95. The molecule has 4 rings (SSSR count). The van der Waals surface area contributed by atoms with Gasteiger partial charge in [0.05, 0.1) is 24.2 Å². The molecule has 0 bridgehead atoms. The van der Waals surface area contributed by atoms with Crippen LogP contribution in [0.5, 0.6) is 0 Å². The first-order chi connectivity index (χ1) is 12.9. The monoisotopic (exact) mass is 377 g/mol. The number of fused-ring (bicyclic) bond motifs is 1. The number of carbonyl (C=O) groups is 1. The number of alkyl halides is 3. The number of piperidine rings is 1. The average Bonchev–Trinajstić information content (AvgIpc) is 3.30. The number of carbonyl (C=O) groups excluding carboxylic acids is 1. The average molecular weight is 377 g/mol. The molecular formula is C18H18F3N5O. The number of nitrogens with one attached hydrogen (secondary N) is 1. The number of aromatic nitrogens is 4. The molecule has 9 heteroatoms. The number of benzene rings is 1. The van der Waals surface area contributed by atoms with E-state index in [4.69, 9.17) is 0 Å². The Morgan fingerprint density at radius 1 is 1.22 bits per heavy atom. The fourth-order valence-electron chi connectivity index (χ4n) is 3.46. The van der Waals surface area contributed by atoms with Crippen LogP contribution in [0.1, 0.15) is 30.1 Å². The highest BCUT2D eigenvalue weighted by atomic mass is 19.4. The molecule has 3 heterocycles. The Balaban J connectivity index is 1.35. The molecule has 27 heavy (non-hydrogen) atoms. The van der Waals surface area contributed by atoms with Gasteiger partial charge in [-0.2, -0.15) is 23.4 Å². The number of rotatable bonds is 3. The van der Waals surface area contributed by atoms with E-state index in [-0.39, 0.29) is 11.9 Å². The zero-order valence-corrected chi connectivity index (χ0v) is 14.4. The Labute approximate surface area is 153 Å². The van der Waals surface area contributed by atoms with Gasteiger partial charge in [-0.15, -0.1) is 0 Å². The first-order valence-corrected chi connectivity index (χ1v) is 8.72.